The van der Waals surface area contributed by atoms with Gasteiger partial charge in [0, 0.05) is 6.04 Å². The Bertz CT molecular complexity index is 1250. The van der Waals surface area contributed by atoms with Crippen LogP contribution in [0.1, 0.15) is 48.5 Å². The summed E-state index contributed by atoms with van der Waals surface area (Å²) in [4.78, 5) is 17.2. The summed E-state index contributed by atoms with van der Waals surface area (Å²) in [5.74, 6) is -0.547. The van der Waals surface area contributed by atoms with Crippen molar-refractivity contribution in [3.05, 3.63) is 51.5 Å². The number of sulfonamides is 1. The molecule has 1 heterocycles. The minimum Gasteiger partial charge on any atom is -0.298 e. The maximum Gasteiger partial charge on any atom is 0.259 e. The summed E-state index contributed by atoms with van der Waals surface area (Å²) in [6.07, 6.45) is 4.44. The van der Waals surface area contributed by atoms with Gasteiger partial charge < -0.3 is 0 Å². The van der Waals surface area contributed by atoms with Crippen LogP contribution in [-0.2, 0) is 16.4 Å². The van der Waals surface area contributed by atoms with E-state index in [1.54, 1.807) is 0 Å². The van der Waals surface area contributed by atoms with Crippen LogP contribution < -0.4 is 10.0 Å². The van der Waals surface area contributed by atoms with Crippen LogP contribution >= 0.6 is 34.5 Å². The highest BCUT2D eigenvalue weighted by Gasteiger charge is 2.27. The van der Waals surface area contributed by atoms with Crippen molar-refractivity contribution in [3.8, 4) is 0 Å². The molecule has 0 spiro atoms. The van der Waals surface area contributed by atoms with Crippen molar-refractivity contribution < 1.29 is 13.2 Å². The van der Waals surface area contributed by atoms with E-state index in [2.05, 4.69) is 21.9 Å². The first-order valence-corrected chi connectivity index (χ1v) is 13.0. The van der Waals surface area contributed by atoms with Crippen molar-refractivity contribution in [3.63, 3.8) is 0 Å². The highest BCUT2D eigenvalue weighted by atomic mass is 35.5. The second-order valence-electron chi connectivity index (χ2n) is 7.49. The summed E-state index contributed by atoms with van der Waals surface area (Å²) in [5, 5.41) is 3.17. The van der Waals surface area contributed by atoms with Gasteiger partial charge in [-0.15, -0.1) is 0 Å². The fourth-order valence-corrected chi connectivity index (χ4v) is 6.73. The molecule has 1 fully saturated rings. The number of amides is 1. The summed E-state index contributed by atoms with van der Waals surface area (Å²) in [6.45, 7) is 2.07. The number of fused-ring (bicyclic) bond motifs is 1. The first-order chi connectivity index (χ1) is 14.8. The zero-order valence-electron chi connectivity index (χ0n) is 16.7. The lowest BCUT2D eigenvalue weighted by molar-refractivity contribution is 0.102. The fourth-order valence-electron chi connectivity index (χ4n) is 3.64. The molecule has 4 rings (SSSR count). The molecule has 0 unspecified atom stereocenters. The first-order valence-electron chi connectivity index (χ1n) is 9.99. The molecule has 0 aliphatic heterocycles. The van der Waals surface area contributed by atoms with Crippen molar-refractivity contribution in [2.45, 2.75) is 50.0 Å². The first kappa shape index (κ1) is 22.5. The van der Waals surface area contributed by atoms with Gasteiger partial charge in [0.05, 0.1) is 25.8 Å². The van der Waals surface area contributed by atoms with E-state index in [0.29, 0.717) is 5.13 Å². The number of nitrogens with one attached hydrogen (secondary N) is 2. The van der Waals surface area contributed by atoms with E-state index in [0.717, 1.165) is 42.3 Å². The zero-order valence-corrected chi connectivity index (χ0v) is 19.9. The third-order valence-corrected chi connectivity index (χ3v) is 8.55. The minimum atomic E-state index is -3.88. The predicted octanol–water partition coefficient (Wildman–Crippen LogP) is 5.64. The van der Waals surface area contributed by atoms with Crippen LogP contribution in [0.5, 0.6) is 0 Å². The van der Waals surface area contributed by atoms with E-state index in [1.165, 1.54) is 29.0 Å². The summed E-state index contributed by atoms with van der Waals surface area (Å²) in [6, 6.07) is 8.34. The quantitative estimate of drug-likeness (QED) is 0.461. The van der Waals surface area contributed by atoms with Gasteiger partial charge in [0.15, 0.2) is 5.13 Å². The fraction of sp³-hybridized carbons (Fsp3) is 0.333. The van der Waals surface area contributed by atoms with Gasteiger partial charge in [0.1, 0.15) is 4.90 Å². The number of hydrogen-bond donors (Lipinski definition) is 2. The Balaban J connectivity index is 1.61. The number of anilines is 1. The summed E-state index contributed by atoms with van der Waals surface area (Å²) in [5.41, 5.74) is 1.98. The Morgan fingerprint density at radius 2 is 1.90 bits per heavy atom. The number of aryl methyl sites for hydroxylation is 1. The standard InChI is InChI=1S/C21H21Cl2N3O3S2/c1-2-12-7-8-17-18(9-12)30-21(24-17)25-20(27)14-10-19(16(23)11-15(14)22)31(28,29)26-13-5-3-4-6-13/h7-11,13,26H,2-6H2,1H3,(H,24,25,27). The van der Waals surface area contributed by atoms with Crippen LogP contribution in [0, 0.1) is 0 Å². The molecule has 164 valence electrons. The van der Waals surface area contributed by atoms with Crippen molar-refractivity contribution in [2.75, 3.05) is 5.32 Å². The van der Waals surface area contributed by atoms with Crippen molar-refractivity contribution in [1.82, 2.24) is 9.71 Å². The Hall–Kier alpha value is -1.71. The molecule has 6 nitrogen and oxygen atoms in total. The largest absolute Gasteiger partial charge is 0.298 e. The monoisotopic (exact) mass is 497 g/mol. The molecule has 0 saturated heterocycles. The number of carbonyl (C=O) groups excluding carboxylic acids is 1. The molecule has 0 atom stereocenters. The van der Waals surface area contributed by atoms with Gasteiger partial charge in [-0.05, 0) is 49.1 Å². The molecule has 1 aromatic heterocycles. The number of nitrogens with zero attached hydrogens (tertiary/aromatic N) is 1. The summed E-state index contributed by atoms with van der Waals surface area (Å²) >= 11 is 13.7. The van der Waals surface area contributed by atoms with Gasteiger partial charge in [0.25, 0.3) is 5.91 Å². The molecule has 0 radical (unpaired) electrons. The summed E-state index contributed by atoms with van der Waals surface area (Å²) in [7, 11) is -3.88. The molecule has 1 amide bonds. The highest BCUT2D eigenvalue weighted by Crippen LogP contribution is 2.32. The third-order valence-electron chi connectivity index (χ3n) is 5.31. The van der Waals surface area contributed by atoms with Crippen LogP contribution in [0.3, 0.4) is 0 Å². The average Bonchev–Trinajstić information content (AvgIpc) is 3.35. The Morgan fingerprint density at radius 1 is 1.16 bits per heavy atom. The van der Waals surface area contributed by atoms with Crippen LogP contribution in [0.15, 0.2) is 35.2 Å². The van der Waals surface area contributed by atoms with Crippen LogP contribution in [0.2, 0.25) is 10.0 Å². The molecule has 31 heavy (non-hydrogen) atoms. The molecule has 0 bridgehead atoms. The highest BCUT2D eigenvalue weighted by molar-refractivity contribution is 7.89. The minimum absolute atomic E-state index is 0.0198. The van der Waals surface area contributed by atoms with Crippen LogP contribution in [-0.4, -0.2) is 25.4 Å². The molecule has 1 aliphatic rings. The Labute approximate surface area is 195 Å². The van der Waals surface area contributed by atoms with E-state index >= 15 is 0 Å². The molecule has 3 aromatic rings. The van der Waals surface area contributed by atoms with E-state index in [1.807, 2.05) is 18.2 Å². The number of rotatable bonds is 6. The number of aromatic nitrogens is 1. The third kappa shape index (κ3) is 4.88. The van der Waals surface area contributed by atoms with Gasteiger partial charge in [-0.1, -0.05) is 60.4 Å². The molecule has 1 saturated carbocycles. The topological polar surface area (TPSA) is 88.2 Å². The smallest absolute Gasteiger partial charge is 0.259 e. The van der Waals surface area contributed by atoms with Gasteiger partial charge in [-0.2, -0.15) is 0 Å². The van der Waals surface area contributed by atoms with Gasteiger partial charge in [-0.3, -0.25) is 10.1 Å². The SMILES string of the molecule is CCc1ccc2nc(NC(=O)c3cc(S(=O)(=O)NC4CCCC4)c(Cl)cc3Cl)sc2c1. The summed E-state index contributed by atoms with van der Waals surface area (Å²) < 4.78 is 29.3. The Kier molecular flexibility index (Phi) is 6.55. The zero-order chi connectivity index (χ0) is 22.2. The second kappa shape index (κ2) is 9.03. The molecule has 10 heteroatoms. The number of thiazole rings is 1. The molecule has 1 aliphatic carbocycles. The van der Waals surface area contributed by atoms with Crippen LogP contribution in [0.25, 0.3) is 10.2 Å². The molecule has 2 aromatic carbocycles. The Morgan fingerprint density at radius 3 is 2.61 bits per heavy atom. The number of hydrogen-bond acceptors (Lipinski definition) is 5. The van der Waals surface area contributed by atoms with Gasteiger partial charge >= 0.3 is 0 Å². The van der Waals surface area contributed by atoms with Crippen LogP contribution in [0.4, 0.5) is 5.13 Å². The van der Waals surface area contributed by atoms with Gasteiger partial charge in [0.2, 0.25) is 10.0 Å². The maximum atomic E-state index is 12.9. The lowest BCUT2D eigenvalue weighted by Crippen LogP contribution is -2.33. The van der Waals surface area contributed by atoms with Gasteiger partial charge in [-0.25, -0.2) is 18.1 Å². The lowest BCUT2D eigenvalue weighted by atomic mass is 10.2. The number of halogens is 2. The predicted molar refractivity (Wildman–Crippen MR) is 126 cm³/mol. The van der Waals surface area contributed by atoms with E-state index in [9.17, 15) is 13.2 Å². The van der Waals surface area contributed by atoms with E-state index in [4.69, 9.17) is 23.2 Å². The molecular formula is C21H21Cl2N3O3S2. The maximum absolute atomic E-state index is 12.9. The number of carbonyl (C=O) groups is 1. The van der Waals surface area contributed by atoms with Crippen molar-refractivity contribution >= 4 is 65.8 Å². The molecule has 2 N–H and O–H groups in total. The van der Waals surface area contributed by atoms with E-state index in [-0.39, 0.29) is 26.5 Å². The van der Waals surface area contributed by atoms with Crippen molar-refractivity contribution in [2.24, 2.45) is 0 Å². The average molecular weight is 498 g/mol. The molecular weight excluding hydrogens is 477 g/mol. The number of benzene rings is 2. The van der Waals surface area contributed by atoms with Crippen molar-refractivity contribution in [1.29, 1.82) is 0 Å². The second-order valence-corrected chi connectivity index (χ2v) is 11.0. The normalized spacial score (nSPS) is 14.9. The lowest BCUT2D eigenvalue weighted by Gasteiger charge is -2.15. The van der Waals surface area contributed by atoms with E-state index < -0.39 is 15.9 Å².